The Morgan fingerprint density at radius 2 is 1.46 bits per heavy atom. The van der Waals surface area contributed by atoms with E-state index in [1.165, 1.54) is 36.4 Å². The Morgan fingerprint density at radius 3 is 1.96 bits per heavy atom. The fourth-order valence-corrected chi connectivity index (χ4v) is 3.44. The van der Waals surface area contributed by atoms with Gasteiger partial charge in [-0.3, -0.25) is 4.79 Å². The largest absolute Gasteiger partial charge is 0.426 e. The number of hydrogen-bond acceptors (Lipinski definition) is 3. The molecule has 1 N–H and O–H groups in total. The van der Waals surface area contributed by atoms with Crippen molar-refractivity contribution in [1.82, 2.24) is 5.32 Å². The Labute approximate surface area is 139 Å². The first-order chi connectivity index (χ1) is 11.3. The highest BCUT2D eigenvalue weighted by Crippen LogP contribution is 2.50. The summed E-state index contributed by atoms with van der Waals surface area (Å²) >= 11 is 0.0306. The van der Waals surface area contributed by atoms with E-state index in [0.717, 1.165) is 0 Å². The van der Waals surface area contributed by atoms with E-state index in [0.29, 0.717) is 4.90 Å². The van der Waals surface area contributed by atoms with Crippen molar-refractivity contribution in [2.75, 3.05) is 4.90 Å². The van der Waals surface area contributed by atoms with E-state index >= 15 is 0 Å². The van der Waals surface area contributed by atoms with Gasteiger partial charge in [0.25, 0.3) is 5.24 Å². The van der Waals surface area contributed by atoms with Crippen LogP contribution in [-0.2, 0) is 4.87 Å². The molecule has 24 heavy (non-hydrogen) atoms. The number of carbonyl (C=O) groups is 2. The minimum atomic E-state index is -4.85. The van der Waals surface area contributed by atoms with Crippen LogP contribution in [0.4, 0.5) is 28.4 Å². The number of thioether (sulfide) groups is 1. The van der Waals surface area contributed by atoms with Crippen LogP contribution in [-0.4, -0.2) is 17.4 Å². The molecule has 0 bridgehead atoms. The summed E-state index contributed by atoms with van der Waals surface area (Å²) in [6, 6.07) is 13.5. The van der Waals surface area contributed by atoms with Crippen molar-refractivity contribution in [2.24, 2.45) is 0 Å². The van der Waals surface area contributed by atoms with Crippen molar-refractivity contribution in [1.29, 1.82) is 0 Å². The molecule has 1 aliphatic rings. The van der Waals surface area contributed by atoms with Gasteiger partial charge in [0.2, 0.25) is 4.87 Å². The van der Waals surface area contributed by atoms with Gasteiger partial charge in [-0.05, 0) is 29.5 Å². The van der Waals surface area contributed by atoms with Crippen LogP contribution in [0.25, 0.3) is 0 Å². The molecule has 1 atom stereocenters. The molecule has 0 saturated carbocycles. The molecule has 1 saturated heterocycles. The number of alkyl halides is 3. The average molecular weight is 352 g/mol. The number of halogens is 3. The number of urea groups is 1. The summed E-state index contributed by atoms with van der Waals surface area (Å²) in [5.41, 5.74) is -0.00625. The van der Waals surface area contributed by atoms with E-state index in [9.17, 15) is 22.8 Å². The number of hydrogen-bond donors (Lipinski definition) is 1. The van der Waals surface area contributed by atoms with Gasteiger partial charge in [-0.15, -0.1) is 0 Å². The number of nitrogens with one attached hydrogen (secondary N) is 1. The molecule has 1 aliphatic heterocycles. The Balaban J connectivity index is 2.04. The maximum atomic E-state index is 13.8. The zero-order valence-corrected chi connectivity index (χ0v) is 12.9. The number of nitrogens with zero attached hydrogens (tertiary/aromatic N) is 1. The molecule has 124 valence electrons. The van der Waals surface area contributed by atoms with E-state index in [1.807, 2.05) is 5.32 Å². The lowest BCUT2D eigenvalue weighted by Gasteiger charge is -2.41. The van der Waals surface area contributed by atoms with Crippen LogP contribution in [0.3, 0.4) is 0 Å². The molecule has 0 radical (unpaired) electrons. The second-order valence-electron chi connectivity index (χ2n) is 5.01. The van der Waals surface area contributed by atoms with Crippen molar-refractivity contribution in [3.63, 3.8) is 0 Å². The summed E-state index contributed by atoms with van der Waals surface area (Å²) in [6.07, 6.45) is -4.85. The average Bonchev–Trinajstić information content (AvgIpc) is 2.55. The fourth-order valence-electron chi connectivity index (χ4n) is 2.39. The number of rotatable bonds is 2. The first kappa shape index (κ1) is 16.4. The normalized spacial score (nSPS) is 21.5. The van der Waals surface area contributed by atoms with Gasteiger partial charge in [0.1, 0.15) is 0 Å². The third kappa shape index (κ3) is 2.62. The minimum Gasteiger partial charge on any atom is -0.310 e. The standard InChI is InChI=1S/C16H11F3N2O2S/c17-16(18,19)15(11-7-3-1-4-8-11)20-13(22)21(14(23)24-15)12-9-5-2-6-10-12/h1-10H,(H,20,22)/t15-/m0/s1. The lowest BCUT2D eigenvalue weighted by Crippen LogP contribution is -2.62. The highest BCUT2D eigenvalue weighted by atomic mass is 32.2. The SMILES string of the molecule is O=C1N[C@](c2ccccc2)(C(F)(F)F)SC(=O)N1c1ccccc1. The van der Waals surface area contributed by atoms with Crippen molar-refractivity contribution < 1.29 is 22.8 Å². The number of imide groups is 1. The van der Waals surface area contributed by atoms with E-state index in [1.54, 1.807) is 24.3 Å². The molecular weight excluding hydrogens is 341 g/mol. The summed E-state index contributed by atoms with van der Waals surface area (Å²) in [5, 5.41) is 0.975. The van der Waals surface area contributed by atoms with Crippen LogP contribution in [0.2, 0.25) is 0 Å². The summed E-state index contributed by atoms with van der Waals surface area (Å²) in [5.74, 6) is 0. The molecule has 3 rings (SSSR count). The first-order valence-electron chi connectivity index (χ1n) is 6.88. The molecule has 1 heterocycles. The molecule has 0 unspecified atom stereocenters. The molecule has 8 heteroatoms. The minimum absolute atomic E-state index is 0.0306. The molecule has 1 fully saturated rings. The van der Waals surface area contributed by atoms with E-state index in [2.05, 4.69) is 0 Å². The van der Waals surface area contributed by atoms with Gasteiger partial charge in [0.15, 0.2) is 0 Å². The van der Waals surface area contributed by atoms with Crippen LogP contribution in [0.1, 0.15) is 5.56 Å². The highest BCUT2D eigenvalue weighted by Gasteiger charge is 2.62. The number of anilines is 1. The monoisotopic (exact) mass is 352 g/mol. The lowest BCUT2D eigenvalue weighted by molar-refractivity contribution is -0.167. The van der Waals surface area contributed by atoms with Crippen LogP contribution in [0.15, 0.2) is 60.7 Å². The van der Waals surface area contributed by atoms with Crippen LogP contribution in [0.5, 0.6) is 0 Å². The number of carbonyl (C=O) groups excluding carboxylic acids is 2. The molecule has 0 aromatic heterocycles. The van der Waals surface area contributed by atoms with Gasteiger partial charge in [-0.2, -0.15) is 13.2 Å². The van der Waals surface area contributed by atoms with Crippen LogP contribution >= 0.6 is 11.8 Å². The van der Waals surface area contributed by atoms with Gasteiger partial charge in [-0.1, -0.05) is 48.5 Å². The Bertz CT molecular complexity index is 748. The topological polar surface area (TPSA) is 49.4 Å². The van der Waals surface area contributed by atoms with Crippen molar-refractivity contribution in [2.45, 2.75) is 11.0 Å². The van der Waals surface area contributed by atoms with Gasteiger partial charge in [0.05, 0.1) is 5.69 Å². The molecule has 0 spiro atoms. The van der Waals surface area contributed by atoms with Gasteiger partial charge < -0.3 is 5.32 Å². The number of amides is 3. The molecule has 4 nitrogen and oxygen atoms in total. The van der Waals surface area contributed by atoms with E-state index in [4.69, 9.17) is 0 Å². The predicted molar refractivity (Wildman–Crippen MR) is 84.6 cm³/mol. The summed E-state index contributed by atoms with van der Waals surface area (Å²) in [6.45, 7) is 0. The zero-order chi connectivity index (χ0) is 17.4. The summed E-state index contributed by atoms with van der Waals surface area (Å²) in [7, 11) is 0. The smallest absolute Gasteiger partial charge is 0.310 e. The Kier molecular flexibility index (Phi) is 4.00. The van der Waals surface area contributed by atoms with Crippen molar-refractivity contribution in [3.8, 4) is 0 Å². The third-order valence-electron chi connectivity index (χ3n) is 3.50. The molecule has 2 aromatic rings. The zero-order valence-electron chi connectivity index (χ0n) is 12.1. The predicted octanol–water partition coefficient (Wildman–Crippen LogP) is 4.48. The maximum absolute atomic E-state index is 13.8. The molecule has 2 aromatic carbocycles. The second-order valence-corrected chi connectivity index (χ2v) is 6.18. The highest BCUT2D eigenvalue weighted by molar-refractivity contribution is 8.14. The van der Waals surface area contributed by atoms with E-state index in [-0.39, 0.29) is 23.0 Å². The van der Waals surface area contributed by atoms with Crippen LogP contribution < -0.4 is 10.2 Å². The molecular formula is C16H11F3N2O2S. The summed E-state index contributed by atoms with van der Waals surface area (Å²) < 4.78 is 41.3. The van der Waals surface area contributed by atoms with E-state index < -0.39 is 22.3 Å². The fraction of sp³-hybridized carbons (Fsp3) is 0.125. The first-order valence-corrected chi connectivity index (χ1v) is 7.69. The van der Waals surface area contributed by atoms with Crippen LogP contribution in [0, 0.1) is 0 Å². The quantitative estimate of drug-likeness (QED) is 0.867. The van der Waals surface area contributed by atoms with Gasteiger partial charge in [-0.25, -0.2) is 9.69 Å². The lowest BCUT2D eigenvalue weighted by atomic mass is 10.1. The Morgan fingerprint density at radius 1 is 0.917 bits per heavy atom. The maximum Gasteiger partial charge on any atom is 0.426 e. The van der Waals surface area contributed by atoms with Gasteiger partial charge in [0, 0.05) is 0 Å². The van der Waals surface area contributed by atoms with Crippen molar-refractivity contribution in [3.05, 3.63) is 66.2 Å². The van der Waals surface area contributed by atoms with Gasteiger partial charge >= 0.3 is 12.2 Å². The number of benzene rings is 2. The Hall–Kier alpha value is -2.48. The molecule has 0 aliphatic carbocycles. The number of para-hydroxylation sites is 1. The molecule has 3 amide bonds. The third-order valence-corrected chi connectivity index (χ3v) is 4.74. The second kappa shape index (κ2) is 5.86. The van der Waals surface area contributed by atoms with Crippen molar-refractivity contribution >= 4 is 28.7 Å². The summed E-state index contributed by atoms with van der Waals surface area (Å²) in [4.78, 5) is 22.6.